The normalized spacial score (nSPS) is 11.3. The topological polar surface area (TPSA) is 69.0 Å². The van der Waals surface area contributed by atoms with Gasteiger partial charge in [-0.15, -0.1) is 0 Å². The molecule has 0 unspecified atom stereocenters. The van der Waals surface area contributed by atoms with Crippen molar-refractivity contribution in [3.63, 3.8) is 0 Å². The van der Waals surface area contributed by atoms with Crippen LogP contribution in [0.25, 0.3) is 0 Å². The number of halogens is 5. The van der Waals surface area contributed by atoms with Crippen LogP contribution in [-0.2, 0) is 12.9 Å². The summed E-state index contributed by atoms with van der Waals surface area (Å²) in [6.45, 7) is -0.186. The Morgan fingerprint density at radius 2 is 2.00 bits per heavy atom. The first-order chi connectivity index (χ1) is 13.2. The maximum atomic E-state index is 12.7. The van der Waals surface area contributed by atoms with Crippen molar-refractivity contribution in [2.75, 3.05) is 5.32 Å². The fourth-order valence-corrected chi connectivity index (χ4v) is 2.56. The van der Waals surface area contributed by atoms with Gasteiger partial charge in [-0.25, -0.2) is 9.67 Å². The van der Waals surface area contributed by atoms with Crippen molar-refractivity contribution in [2.45, 2.75) is 12.9 Å². The summed E-state index contributed by atoms with van der Waals surface area (Å²) < 4.78 is 44.7. The highest BCUT2D eigenvalue weighted by Crippen LogP contribution is 2.31. The first kappa shape index (κ1) is 20.0. The van der Waals surface area contributed by atoms with Crippen LogP contribution in [0.4, 0.5) is 19.0 Å². The van der Waals surface area contributed by atoms with E-state index in [9.17, 15) is 18.0 Å². The van der Waals surface area contributed by atoms with Gasteiger partial charge in [0.2, 0.25) is 0 Å². The number of rotatable bonds is 5. The van der Waals surface area contributed by atoms with Crippen LogP contribution in [0.2, 0.25) is 10.0 Å². The highest BCUT2D eigenvalue weighted by molar-refractivity contribution is 6.36. The molecule has 1 amide bonds. The minimum atomic E-state index is -4.46. The number of nitrogens with zero attached hydrogens (tertiary/aromatic N) is 3. The Hall–Kier alpha value is -2.78. The van der Waals surface area contributed by atoms with Crippen molar-refractivity contribution >= 4 is 34.9 Å². The van der Waals surface area contributed by atoms with E-state index in [-0.39, 0.29) is 29.0 Å². The molecule has 0 spiro atoms. The minimum Gasteiger partial charge on any atom is -0.471 e. The summed E-state index contributed by atoms with van der Waals surface area (Å²) in [6, 6.07) is 7.29. The standard InChI is InChI=1S/C17H11Cl2F3N4O2/c18-11-7-13(19)15(23-8-11)24-16(27)14-4-5-26(25-14)9-28-12-3-1-2-10(6-12)17(20,21)22/h1-8H,9H2,(H,23,24,27). The molecule has 2 aromatic heterocycles. The lowest BCUT2D eigenvalue weighted by Crippen LogP contribution is -2.15. The third kappa shape index (κ3) is 4.93. The SMILES string of the molecule is O=C(Nc1ncc(Cl)cc1Cl)c1ccn(COc2cccc(C(F)(F)F)c2)n1. The maximum absolute atomic E-state index is 12.7. The first-order valence-electron chi connectivity index (χ1n) is 7.68. The molecule has 3 rings (SSSR count). The van der Waals surface area contributed by atoms with Crippen LogP contribution < -0.4 is 10.1 Å². The van der Waals surface area contributed by atoms with Crippen molar-refractivity contribution < 1.29 is 22.7 Å². The number of carbonyl (C=O) groups is 1. The van der Waals surface area contributed by atoms with Gasteiger partial charge in [-0.05, 0) is 30.3 Å². The predicted octanol–water partition coefficient (Wildman–Crippen LogP) is 4.89. The maximum Gasteiger partial charge on any atom is 0.416 e. The second-order valence-corrected chi connectivity index (χ2v) is 6.32. The molecule has 0 radical (unpaired) electrons. The Morgan fingerprint density at radius 3 is 2.71 bits per heavy atom. The highest BCUT2D eigenvalue weighted by atomic mass is 35.5. The Morgan fingerprint density at radius 1 is 1.21 bits per heavy atom. The third-order valence-corrected chi connectivity index (χ3v) is 3.93. The molecule has 1 N–H and O–H groups in total. The van der Waals surface area contributed by atoms with Crippen molar-refractivity contribution in [3.05, 3.63) is 70.1 Å². The quantitative estimate of drug-likeness (QED) is 0.625. The van der Waals surface area contributed by atoms with E-state index in [2.05, 4.69) is 15.4 Å². The zero-order valence-electron chi connectivity index (χ0n) is 13.9. The fraction of sp³-hybridized carbons (Fsp3) is 0.118. The van der Waals surface area contributed by atoms with Crippen molar-refractivity contribution in [3.8, 4) is 5.75 Å². The lowest BCUT2D eigenvalue weighted by molar-refractivity contribution is -0.137. The predicted molar refractivity (Wildman–Crippen MR) is 96.5 cm³/mol. The number of ether oxygens (including phenoxy) is 1. The molecule has 146 valence electrons. The highest BCUT2D eigenvalue weighted by Gasteiger charge is 2.30. The Labute approximate surface area is 166 Å². The number of benzene rings is 1. The Bertz CT molecular complexity index is 1010. The number of alkyl halides is 3. The zero-order chi connectivity index (χ0) is 20.3. The number of amides is 1. The molecule has 2 heterocycles. The average molecular weight is 431 g/mol. The summed E-state index contributed by atoms with van der Waals surface area (Å²) >= 11 is 11.7. The molecule has 0 aliphatic rings. The molecular formula is C17H11Cl2F3N4O2. The summed E-state index contributed by atoms with van der Waals surface area (Å²) in [7, 11) is 0. The lowest BCUT2D eigenvalue weighted by atomic mass is 10.2. The molecular weight excluding hydrogens is 420 g/mol. The summed E-state index contributed by atoms with van der Waals surface area (Å²) in [5, 5.41) is 6.96. The van der Waals surface area contributed by atoms with E-state index in [4.69, 9.17) is 27.9 Å². The Kier molecular flexibility index (Phi) is 5.76. The molecule has 0 fully saturated rings. The number of anilines is 1. The Balaban J connectivity index is 1.63. The number of carbonyl (C=O) groups excluding carboxylic acids is 1. The van der Waals surface area contributed by atoms with Gasteiger partial charge in [-0.1, -0.05) is 29.3 Å². The number of pyridine rings is 1. The molecule has 28 heavy (non-hydrogen) atoms. The second-order valence-electron chi connectivity index (χ2n) is 5.48. The molecule has 0 saturated heterocycles. The molecule has 11 heteroatoms. The monoisotopic (exact) mass is 430 g/mol. The molecule has 0 aliphatic carbocycles. The van der Waals surface area contributed by atoms with Gasteiger partial charge in [0.15, 0.2) is 18.2 Å². The third-order valence-electron chi connectivity index (χ3n) is 3.44. The summed E-state index contributed by atoms with van der Waals surface area (Å²) in [5.41, 5.74) is -0.779. The fourth-order valence-electron chi connectivity index (χ4n) is 2.14. The van der Waals surface area contributed by atoms with Crippen LogP contribution in [-0.4, -0.2) is 20.7 Å². The van der Waals surface area contributed by atoms with Gasteiger partial charge in [0, 0.05) is 12.4 Å². The molecule has 3 aromatic rings. The lowest BCUT2D eigenvalue weighted by Gasteiger charge is -2.10. The van der Waals surface area contributed by atoms with E-state index in [1.54, 1.807) is 0 Å². The number of hydrogen-bond acceptors (Lipinski definition) is 4. The first-order valence-corrected chi connectivity index (χ1v) is 8.44. The van der Waals surface area contributed by atoms with E-state index in [0.29, 0.717) is 5.02 Å². The van der Waals surface area contributed by atoms with Crippen LogP contribution in [0.3, 0.4) is 0 Å². The van der Waals surface area contributed by atoms with Gasteiger partial charge in [0.1, 0.15) is 5.75 Å². The largest absolute Gasteiger partial charge is 0.471 e. The average Bonchev–Trinajstić information content (AvgIpc) is 3.11. The van der Waals surface area contributed by atoms with Crippen molar-refractivity contribution in [1.82, 2.24) is 14.8 Å². The van der Waals surface area contributed by atoms with E-state index >= 15 is 0 Å². The molecule has 0 bridgehead atoms. The number of aromatic nitrogens is 3. The van der Waals surface area contributed by atoms with Crippen LogP contribution >= 0.6 is 23.2 Å². The van der Waals surface area contributed by atoms with Gasteiger partial charge in [-0.2, -0.15) is 18.3 Å². The molecule has 0 saturated carbocycles. The van der Waals surface area contributed by atoms with Gasteiger partial charge < -0.3 is 10.1 Å². The molecule has 0 aliphatic heterocycles. The summed E-state index contributed by atoms with van der Waals surface area (Å²) in [4.78, 5) is 16.1. The smallest absolute Gasteiger partial charge is 0.416 e. The zero-order valence-corrected chi connectivity index (χ0v) is 15.4. The number of nitrogens with one attached hydrogen (secondary N) is 1. The minimum absolute atomic E-state index is 0.0217. The van der Waals surface area contributed by atoms with Crippen molar-refractivity contribution in [1.29, 1.82) is 0 Å². The molecule has 6 nitrogen and oxygen atoms in total. The second kappa shape index (κ2) is 8.07. The molecule has 1 aromatic carbocycles. The van der Waals surface area contributed by atoms with Gasteiger partial charge >= 0.3 is 6.18 Å². The summed E-state index contributed by atoms with van der Waals surface area (Å²) in [6.07, 6.45) is -1.70. The van der Waals surface area contributed by atoms with Crippen molar-refractivity contribution in [2.24, 2.45) is 0 Å². The van der Waals surface area contributed by atoms with Gasteiger partial charge in [0.25, 0.3) is 5.91 Å². The van der Waals surface area contributed by atoms with Crippen LogP contribution in [0.1, 0.15) is 16.1 Å². The van der Waals surface area contributed by atoms with Gasteiger partial charge in [0.05, 0.1) is 15.6 Å². The van der Waals surface area contributed by atoms with E-state index in [1.165, 1.54) is 41.3 Å². The summed E-state index contributed by atoms with van der Waals surface area (Å²) in [5.74, 6) is -0.436. The van der Waals surface area contributed by atoms with E-state index in [0.717, 1.165) is 12.1 Å². The van der Waals surface area contributed by atoms with Gasteiger partial charge in [-0.3, -0.25) is 4.79 Å². The van der Waals surface area contributed by atoms with E-state index < -0.39 is 17.6 Å². The van der Waals surface area contributed by atoms with Crippen LogP contribution in [0.15, 0.2) is 48.8 Å². The number of hydrogen-bond donors (Lipinski definition) is 1. The van der Waals surface area contributed by atoms with E-state index in [1.807, 2.05) is 0 Å². The molecule has 0 atom stereocenters. The van der Waals surface area contributed by atoms with Crippen LogP contribution in [0.5, 0.6) is 5.75 Å². The van der Waals surface area contributed by atoms with Crippen LogP contribution in [0, 0.1) is 0 Å².